The third kappa shape index (κ3) is 2.62. The van der Waals surface area contributed by atoms with Gasteiger partial charge >= 0.3 is 0 Å². The van der Waals surface area contributed by atoms with Crippen LogP contribution in [0.5, 0.6) is 0 Å². The zero-order chi connectivity index (χ0) is 8.97. The molecule has 0 unspecified atom stereocenters. The molecule has 0 spiro atoms. The quantitative estimate of drug-likeness (QED) is 0.728. The first kappa shape index (κ1) is 9.20. The first-order valence-electron chi connectivity index (χ1n) is 4.19. The summed E-state index contributed by atoms with van der Waals surface area (Å²) in [6, 6.07) is 5.09. The van der Waals surface area contributed by atoms with Gasteiger partial charge in [-0.1, -0.05) is 13.0 Å². The smallest absolute Gasteiger partial charge is 0.123 e. The van der Waals surface area contributed by atoms with Crippen LogP contribution in [0.25, 0.3) is 0 Å². The van der Waals surface area contributed by atoms with Gasteiger partial charge in [0.1, 0.15) is 5.82 Å². The van der Waals surface area contributed by atoms with Gasteiger partial charge in [-0.15, -0.1) is 0 Å². The molecule has 0 saturated heterocycles. The van der Waals surface area contributed by atoms with Crippen molar-refractivity contribution in [3.63, 3.8) is 0 Å². The van der Waals surface area contributed by atoms with E-state index in [0.717, 1.165) is 24.2 Å². The Hall–Kier alpha value is -0.890. The Morgan fingerprint density at radius 3 is 2.67 bits per heavy atom. The van der Waals surface area contributed by atoms with E-state index in [0.29, 0.717) is 0 Å². The van der Waals surface area contributed by atoms with Gasteiger partial charge in [0.2, 0.25) is 0 Å². The number of nitrogens with one attached hydrogen (secondary N) is 1. The fourth-order valence-electron chi connectivity index (χ4n) is 1.18. The minimum absolute atomic E-state index is 0.150. The topological polar surface area (TPSA) is 12.0 Å². The summed E-state index contributed by atoms with van der Waals surface area (Å²) in [6.07, 6.45) is 0. The summed E-state index contributed by atoms with van der Waals surface area (Å²) in [5, 5.41) is 3.15. The Morgan fingerprint density at radius 2 is 2.08 bits per heavy atom. The average molecular weight is 167 g/mol. The summed E-state index contributed by atoms with van der Waals surface area (Å²) in [5.74, 6) is -0.150. The highest BCUT2D eigenvalue weighted by Gasteiger charge is 1.96. The highest BCUT2D eigenvalue weighted by molar-refractivity contribution is 5.23. The maximum Gasteiger partial charge on any atom is 0.123 e. The van der Waals surface area contributed by atoms with Crippen LogP contribution < -0.4 is 5.32 Å². The van der Waals surface area contributed by atoms with Crippen molar-refractivity contribution in [2.45, 2.75) is 20.4 Å². The van der Waals surface area contributed by atoms with Crippen LogP contribution in [-0.2, 0) is 6.54 Å². The molecule has 1 rings (SSSR count). The zero-order valence-electron chi connectivity index (χ0n) is 7.52. The van der Waals surface area contributed by atoms with Gasteiger partial charge in [0.25, 0.3) is 0 Å². The van der Waals surface area contributed by atoms with Crippen LogP contribution in [0.2, 0.25) is 0 Å². The first-order valence-corrected chi connectivity index (χ1v) is 4.19. The Bertz CT molecular complexity index is 238. The molecule has 0 heterocycles. The Morgan fingerprint density at radius 1 is 1.33 bits per heavy atom. The third-order valence-corrected chi connectivity index (χ3v) is 1.68. The van der Waals surface area contributed by atoms with Crippen molar-refractivity contribution in [1.29, 1.82) is 0 Å². The number of benzene rings is 1. The molecule has 0 saturated carbocycles. The minimum Gasteiger partial charge on any atom is -0.313 e. The Kier molecular flexibility index (Phi) is 3.23. The fraction of sp³-hybridized carbons (Fsp3) is 0.400. The molecule has 2 heteroatoms. The van der Waals surface area contributed by atoms with Gasteiger partial charge in [0.05, 0.1) is 0 Å². The van der Waals surface area contributed by atoms with Crippen molar-refractivity contribution in [3.8, 4) is 0 Å². The second kappa shape index (κ2) is 4.21. The predicted molar refractivity (Wildman–Crippen MR) is 48.5 cm³/mol. The average Bonchev–Trinajstić information content (AvgIpc) is 1.99. The number of rotatable bonds is 3. The van der Waals surface area contributed by atoms with E-state index in [2.05, 4.69) is 5.32 Å². The van der Waals surface area contributed by atoms with Crippen molar-refractivity contribution in [3.05, 3.63) is 35.1 Å². The molecule has 0 aliphatic rings. The predicted octanol–water partition coefficient (Wildman–Crippen LogP) is 2.24. The maximum atomic E-state index is 12.8. The van der Waals surface area contributed by atoms with Gasteiger partial charge in [-0.3, -0.25) is 0 Å². The van der Waals surface area contributed by atoms with E-state index >= 15 is 0 Å². The maximum absolute atomic E-state index is 12.8. The molecule has 12 heavy (non-hydrogen) atoms. The van der Waals surface area contributed by atoms with E-state index in [4.69, 9.17) is 0 Å². The van der Waals surface area contributed by atoms with E-state index < -0.39 is 0 Å². The molecule has 1 nitrogen and oxygen atoms in total. The minimum atomic E-state index is -0.150. The molecule has 1 N–H and O–H groups in total. The monoisotopic (exact) mass is 167 g/mol. The molecule has 0 bridgehead atoms. The summed E-state index contributed by atoms with van der Waals surface area (Å²) in [5.41, 5.74) is 1.98. The highest BCUT2D eigenvalue weighted by Crippen LogP contribution is 2.07. The van der Waals surface area contributed by atoms with Crippen LogP contribution in [0.4, 0.5) is 4.39 Å². The lowest BCUT2D eigenvalue weighted by Crippen LogP contribution is -2.11. The lowest BCUT2D eigenvalue weighted by atomic mass is 10.1. The first-order chi connectivity index (χ1) is 5.72. The molecule has 0 aliphatic carbocycles. The molecule has 0 amide bonds. The van der Waals surface area contributed by atoms with Crippen LogP contribution >= 0.6 is 0 Å². The molecular formula is C10H14FN. The Labute approximate surface area is 72.6 Å². The van der Waals surface area contributed by atoms with E-state index in [1.165, 1.54) is 6.07 Å². The second-order valence-electron chi connectivity index (χ2n) is 2.92. The highest BCUT2D eigenvalue weighted by atomic mass is 19.1. The van der Waals surface area contributed by atoms with Crippen molar-refractivity contribution < 1.29 is 4.39 Å². The molecule has 0 atom stereocenters. The van der Waals surface area contributed by atoms with Crippen molar-refractivity contribution in [2.75, 3.05) is 6.54 Å². The lowest BCUT2D eigenvalue weighted by Gasteiger charge is -2.03. The molecule has 0 radical (unpaired) electrons. The lowest BCUT2D eigenvalue weighted by molar-refractivity contribution is 0.620. The molecule has 1 aromatic rings. The standard InChI is InChI=1S/C10H14FN/c1-3-12-7-9-4-8(2)5-10(11)6-9/h4-6,12H,3,7H2,1-2H3. The summed E-state index contributed by atoms with van der Waals surface area (Å²) in [6.45, 7) is 5.59. The van der Waals surface area contributed by atoms with E-state index in [1.807, 2.05) is 19.9 Å². The Balaban J connectivity index is 2.72. The van der Waals surface area contributed by atoms with Crippen molar-refractivity contribution in [1.82, 2.24) is 5.32 Å². The molecule has 66 valence electrons. The van der Waals surface area contributed by atoms with Gasteiger partial charge in [0, 0.05) is 6.54 Å². The largest absolute Gasteiger partial charge is 0.313 e. The normalized spacial score (nSPS) is 10.2. The van der Waals surface area contributed by atoms with Crippen LogP contribution in [0.1, 0.15) is 18.1 Å². The SMILES string of the molecule is CCNCc1cc(C)cc(F)c1. The summed E-state index contributed by atoms with van der Waals surface area (Å²) in [7, 11) is 0. The van der Waals surface area contributed by atoms with Gasteiger partial charge in [0.15, 0.2) is 0 Å². The number of hydrogen-bond acceptors (Lipinski definition) is 1. The van der Waals surface area contributed by atoms with Crippen LogP contribution in [-0.4, -0.2) is 6.54 Å². The molecule has 0 aliphatic heterocycles. The van der Waals surface area contributed by atoms with Crippen molar-refractivity contribution >= 4 is 0 Å². The number of aryl methyl sites for hydroxylation is 1. The van der Waals surface area contributed by atoms with Crippen molar-refractivity contribution in [2.24, 2.45) is 0 Å². The molecule has 0 aromatic heterocycles. The number of hydrogen-bond donors (Lipinski definition) is 1. The molecule has 1 aromatic carbocycles. The zero-order valence-corrected chi connectivity index (χ0v) is 7.52. The van der Waals surface area contributed by atoms with E-state index in [1.54, 1.807) is 6.07 Å². The molecule has 0 fully saturated rings. The van der Waals surface area contributed by atoms with Crippen LogP contribution in [0, 0.1) is 12.7 Å². The summed E-state index contributed by atoms with van der Waals surface area (Å²) < 4.78 is 12.8. The summed E-state index contributed by atoms with van der Waals surface area (Å²) >= 11 is 0. The fourth-order valence-corrected chi connectivity index (χ4v) is 1.18. The van der Waals surface area contributed by atoms with Gasteiger partial charge in [-0.2, -0.15) is 0 Å². The van der Waals surface area contributed by atoms with Gasteiger partial charge in [-0.05, 0) is 36.7 Å². The van der Waals surface area contributed by atoms with E-state index in [9.17, 15) is 4.39 Å². The van der Waals surface area contributed by atoms with Gasteiger partial charge in [-0.25, -0.2) is 4.39 Å². The van der Waals surface area contributed by atoms with Crippen LogP contribution in [0.3, 0.4) is 0 Å². The third-order valence-electron chi connectivity index (χ3n) is 1.68. The van der Waals surface area contributed by atoms with Crippen LogP contribution in [0.15, 0.2) is 18.2 Å². The van der Waals surface area contributed by atoms with Gasteiger partial charge < -0.3 is 5.32 Å². The number of halogens is 1. The summed E-state index contributed by atoms with van der Waals surface area (Å²) in [4.78, 5) is 0. The second-order valence-corrected chi connectivity index (χ2v) is 2.92. The van der Waals surface area contributed by atoms with E-state index in [-0.39, 0.29) is 5.82 Å². The molecular weight excluding hydrogens is 153 g/mol.